The van der Waals surface area contributed by atoms with Crippen LogP contribution in [-0.2, 0) is 9.47 Å². The van der Waals surface area contributed by atoms with Crippen LogP contribution in [0.5, 0.6) is 0 Å². The minimum Gasteiger partial charge on any atom is -0.394 e. The molecule has 1 atom stereocenters. The lowest BCUT2D eigenvalue weighted by atomic mass is 10.1. The smallest absolute Gasteiger partial charge is 0.193 e. The summed E-state index contributed by atoms with van der Waals surface area (Å²) in [6, 6.07) is 0. The number of nitrogens with one attached hydrogen (secondary N) is 1. The van der Waals surface area contributed by atoms with E-state index in [-0.39, 0.29) is 30.6 Å². The van der Waals surface area contributed by atoms with Crippen LogP contribution in [0.3, 0.4) is 0 Å². The van der Waals surface area contributed by atoms with E-state index in [4.69, 9.17) is 14.6 Å². The van der Waals surface area contributed by atoms with Gasteiger partial charge in [0.2, 0.25) is 0 Å². The van der Waals surface area contributed by atoms with Crippen LogP contribution in [-0.4, -0.2) is 74.2 Å². The van der Waals surface area contributed by atoms with Crippen molar-refractivity contribution in [2.75, 3.05) is 46.0 Å². The Morgan fingerprint density at radius 3 is 2.73 bits per heavy atom. The molecule has 0 aromatic heterocycles. The zero-order valence-electron chi connectivity index (χ0n) is 13.5. The fourth-order valence-corrected chi connectivity index (χ4v) is 2.84. The lowest BCUT2D eigenvalue weighted by Crippen LogP contribution is -2.47. The molecule has 2 aliphatic heterocycles. The molecule has 2 fully saturated rings. The molecule has 1 unspecified atom stereocenters. The third kappa shape index (κ3) is 6.55. The van der Waals surface area contributed by atoms with Gasteiger partial charge in [-0.3, -0.25) is 4.99 Å². The topological polar surface area (TPSA) is 66.3 Å². The van der Waals surface area contributed by atoms with Crippen LogP contribution < -0.4 is 5.32 Å². The monoisotopic (exact) mass is 427 g/mol. The first-order valence-electron chi connectivity index (χ1n) is 8.20. The second kappa shape index (κ2) is 11.4. The van der Waals surface area contributed by atoms with Gasteiger partial charge in [-0.25, -0.2) is 0 Å². The zero-order valence-corrected chi connectivity index (χ0v) is 15.8. The number of halogens is 1. The average Bonchev–Trinajstić information content (AvgIpc) is 3.03. The van der Waals surface area contributed by atoms with Gasteiger partial charge in [0.1, 0.15) is 0 Å². The Hall–Kier alpha value is -0.120. The second-order valence-electron chi connectivity index (χ2n) is 5.61. The number of rotatable bonds is 6. The van der Waals surface area contributed by atoms with Crippen LogP contribution in [0.4, 0.5) is 0 Å². The summed E-state index contributed by atoms with van der Waals surface area (Å²) >= 11 is 0. The van der Waals surface area contributed by atoms with Crippen molar-refractivity contribution in [3.8, 4) is 0 Å². The molecule has 6 nitrogen and oxygen atoms in total. The second-order valence-corrected chi connectivity index (χ2v) is 5.61. The average molecular weight is 427 g/mol. The maximum atomic E-state index is 8.91. The van der Waals surface area contributed by atoms with Gasteiger partial charge in [0, 0.05) is 26.2 Å². The number of aliphatic hydroxyl groups excluding tert-OH is 1. The van der Waals surface area contributed by atoms with Crippen LogP contribution >= 0.6 is 24.0 Å². The molecule has 22 heavy (non-hydrogen) atoms. The molecule has 0 aromatic carbocycles. The van der Waals surface area contributed by atoms with Crippen molar-refractivity contribution >= 4 is 29.9 Å². The minimum absolute atomic E-state index is 0. The molecule has 0 radical (unpaired) electrons. The number of ether oxygens (including phenoxy) is 2. The van der Waals surface area contributed by atoms with Crippen molar-refractivity contribution < 1.29 is 14.6 Å². The molecule has 2 aliphatic rings. The van der Waals surface area contributed by atoms with E-state index in [1.54, 1.807) is 0 Å². The molecule has 7 heteroatoms. The summed E-state index contributed by atoms with van der Waals surface area (Å²) < 4.78 is 11.6. The van der Waals surface area contributed by atoms with Gasteiger partial charge in [0.25, 0.3) is 0 Å². The van der Waals surface area contributed by atoms with Crippen molar-refractivity contribution in [1.29, 1.82) is 0 Å². The van der Waals surface area contributed by atoms with Crippen LogP contribution in [0.2, 0.25) is 0 Å². The first-order chi connectivity index (χ1) is 10.3. The van der Waals surface area contributed by atoms with Crippen LogP contribution in [0, 0.1) is 0 Å². The van der Waals surface area contributed by atoms with E-state index >= 15 is 0 Å². The maximum absolute atomic E-state index is 8.91. The predicted octanol–water partition coefficient (Wildman–Crippen LogP) is 1.22. The number of piperidine rings is 1. The lowest BCUT2D eigenvalue weighted by molar-refractivity contribution is -0.0367. The molecular formula is C15H30IN3O3. The van der Waals surface area contributed by atoms with Crippen molar-refractivity contribution in [3.05, 3.63) is 0 Å². The first-order valence-corrected chi connectivity index (χ1v) is 8.20. The summed E-state index contributed by atoms with van der Waals surface area (Å²) in [5.74, 6) is 0.907. The molecule has 0 aliphatic carbocycles. The highest BCUT2D eigenvalue weighted by Crippen LogP contribution is 2.17. The Kier molecular flexibility index (Phi) is 10.3. The molecule has 2 heterocycles. The standard InChI is InChI=1S/C15H29N3O3.HI/c1-2-16-15(17-7-10-19)18-8-5-13(6-9-18)21-12-14-4-3-11-20-14;/h13-14,19H,2-12H2,1H3,(H,16,17);1H. The van der Waals surface area contributed by atoms with E-state index in [0.717, 1.165) is 58.1 Å². The zero-order chi connectivity index (χ0) is 14.9. The Balaban J connectivity index is 0.00000242. The van der Waals surface area contributed by atoms with E-state index in [0.29, 0.717) is 18.8 Å². The molecule has 0 saturated carbocycles. The molecule has 0 amide bonds. The number of aliphatic hydroxyl groups is 1. The van der Waals surface area contributed by atoms with Gasteiger partial charge in [-0.1, -0.05) is 0 Å². The van der Waals surface area contributed by atoms with E-state index in [1.807, 2.05) is 0 Å². The molecule has 130 valence electrons. The number of nitrogens with zero attached hydrogens (tertiary/aromatic N) is 2. The Bertz CT molecular complexity index is 317. The van der Waals surface area contributed by atoms with Gasteiger partial charge in [-0.05, 0) is 32.6 Å². The molecular weight excluding hydrogens is 397 g/mol. The van der Waals surface area contributed by atoms with E-state index in [9.17, 15) is 0 Å². The fourth-order valence-electron chi connectivity index (χ4n) is 2.84. The molecule has 2 saturated heterocycles. The van der Waals surface area contributed by atoms with Gasteiger partial charge in [0.15, 0.2) is 5.96 Å². The molecule has 0 spiro atoms. The van der Waals surface area contributed by atoms with Gasteiger partial charge < -0.3 is 24.8 Å². The number of aliphatic imine (C=N–C) groups is 1. The SMILES string of the molecule is CCNC(=NCCO)N1CCC(OCC2CCCO2)CC1.I. The number of hydrogen-bond donors (Lipinski definition) is 2. The van der Waals surface area contributed by atoms with Crippen molar-refractivity contribution in [3.63, 3.8) is 0 Å². The van der Waals surface area contributed by atoms with Gasteiger partial charge in [-0.15, -0.1) is 24.0 Å². The van der Waals surface area contributed by atoms with Crippen LogP contribution in [0.25, 0.3) is 0 Å². The van der Waals surface area contributed by atoms with Crippen molar-refractivity contribution in [2.45, 2.75) is 44.8 Å². The Morgan fingerprint density at radius 2 is 2.14 bits per heavy atom. The Morgan fingerprint density at radius 1 is 1.36 bits per heavy atom. The van der Waals surface area contributed by atoms with Gasteiger partial charge in [-0.2, -0.15) is 0 Å². The summed E-state index contributed by atoms with van der Waals surface area (Å²) in [5.41, 5.74) is 0. The molecule has 0 bridgehead atoms. The van der Waals surface area contributed by atoms with E-state index in [2.05, 4.69) is 22.1 Å². The number of guanidine groups is 1. The fraction of sp³-hybridized carbons (Fsp3) is 0.933. The first kappa shape index (κ1) is 19.9. The van der Waals surface area contributed by atoms with Crippen molar-refractivity contribution in [2.24, 2.45) is 4.99 Å². The van der Waals surface area contributed by atoms with Crippen LogP contribution in [0.15, 0.2) is 4.99 Å². The van der Waals surface area contributed by atoms with Crippen LogP contribution in [0.1, 0.15) is 32.6 Å². The molecule has 2 rings (SSSR count). The number of likely N-dealkylation sites (tertiary alicyclic amines) is 1. The minimum atomic E-state index is 0. The van der Waals surface area contributed by atoms with Gasteiger partial charge >= 0.3 is 0 Å². The third-order valence-electron chi connectivity index (χ3n) is 3.98. The summed E-state index contributed by atoms with van der Waals surface area (Å²) in [6.45, 7) is 6.99. The molecule has 2 N–H and O–H groups in total. The normalized spacial score (nSPS) is 23.5. The Labute approximate surface area is 150 Å². The summed E-state index contributed by atoms with van der Waals surface area (Å²) in [4.78, 5) is 6.67. The predicted molar refractivity (Wildman–Crippen MR) is 98.0 cm³/mol. The lowest BCUT2D eigenvalue weighted by Gasteiger charge is -2.34. The van der Waals surface area contributed by atoms with Gasteiger partial charge in [0.05, 0.1) is 32.0 Å². The quantitative estimate of drug-likeness (QED) is 0.379. The maximum Gasteiger partial charge on any atom is 0.193 e. The summed E-state index contributed by atoms with van der Waals surface area (Å²) in [6.07, 6.45) is 5.00. The van der Waals surface area contributed by atoms with E-state index in [1.165, 1.54) is 6.42 Å². The highest BCUT2D eigenvalue weighted by Gasteiger charge is 2.24. The third-order valence-corrected chi connectivity index (χ3v) is 3.98. The summed E-state index contributed by atoms with van der Waals surface area (Å²) in [7, 11) is 0. The molecule has 0 aromatic rings. The highest BCUT2D eigenvalue weighted by atomic mass is 127. The summed E-state index contributed by atoms with van der Waals surface area (Å²) in [5, 5.41) is 12.2. The van der Waals surface area contributed by atoms with Crippen molar-refractivity contribution in [1.82, 2.24) is 10.2 Å². The largest absolute Gasteiger partial charge is 0.394 e. The van der Waals surface area contributed by atoms with E-state index < -0.39 is 0 Å². The number of hydrogen-bond acceptors (Lipinski definition) is 4. The highest BCUT2D eigenvalue weighted by molar-refractivity contribution is 14.0.